The van der Waals surface area contributed by atoms with Gasteiger partial charge in [0.25, 0.3) is 0 Å². The van der Waals surface area contributed by atoms with E-state index in [9.17, 15) is 9.59 Å². The quantitative estimate of drug-likeness (QED) is 0.351. The van der Waals surface area contributed by atoms with Crippen LogP contribution in [-0.2, 0) is 15.9 Å². The molecule has 0 N–H and O–H groups in total. The van der Waals surface area contributed by atoms with Crippen molar-refractivity contribution in [3.05, 3.63) is 76.8 Å². The van der Waals surface area contributed by atoms with Gasteiger partial charge in [0.2, 0.25) is 0 Å². The highest BCUT2D eigenvalue weighted by Gasteiger charge is 2.27. The SMILES string of the molecule is CCOC(=O)N(C(=O)OCC)c1ccc(Cc2cc(-c3cccc(Cl)c3)c3nc(C)nn3c2)cn1. The molecule has 0 spiro atoms. The molecule has 0 radical (unpaired) electrons. The van der Waals surface area contributed by atoms with Crippen LogP contribution in [0.4, 0.5) is 15.4 Å². The molecule has 4 rings (SSSR count). The molecule has 3 heterocycles. The molecule has 35 heavy (non-hydrogen) atoms. The minimum Gasteiger partial charge on any atom is -0.449 e. The second kappa shape index (κ2) is 10.5. The maximum Gasteiger partial charge on any atom is 0.425 e. The molecule has 0 aliphatic rings. The van der Waals surface area contributed by atoms with E-state index in [4.69, 9.17) is 21.1 Å². The Balaban J connectivity index is 1.65. The number of imide groups is 1. The minimum absolute atomic E-state index is 0.117. The Kier molecular flexibility index (Phi) is 7.26. The van der Waals surface area contributed by atoms with E-state index in [1.54, 1.807) is 36.7 Å². The number of ether oxygens (including phenoxy) is 2. The van der Waals surface area contributed by atoms with Gasteiger partial charge >= 0.3 is 12.2 Å². The van der Waals surface area contributed by atoms with E-state index in [0.717, 1.165) is 32.8 Å². The van der Waals surface area contributed by atoms with Gasteiger partial charge in [-0.05, 0) is 61.7 Å². The minimum atomic E-state index is -0.843. The molecule has 0 aliphatic heterocycles. The van der Waals surface area contributed by atoms with E-state index < -0.39 is 12.2 Å². The fourth-order valence-corrected chi connectivity index (χ4v) is 3.83. The summed E-state index contributed by atoms with van der Waals surface area (Å²) in [5, 5.41) is 5.12. The highest BCUT2D eigenvalue weighted by Crippen LogP contribution is 2.28. The van der Waals surface area contributed by atoms with Crippen molar-refractivity contribution in [2.45, 2.75) is 27.2 Å². The monoisotopic (exact) mass is 493 g/mol. The molecule has 9 nitrogen and oxygen atoms in total. The number of amides is 2. The zero-order chi connectivity index (χ0) is 24.9. The Hall–Kier alpha value is -3.98. The number of hydrogen-bond acceptors (Lipinski definition) is 7. The van der Waals surface area contributed by atoms with Crippen LogP contribution in [0.5, 0.6) is 0 Å². The summed E-state index contributed by atoms with van der Waals surface area (Å²) < 4.78 is 11.7. The molecular formula is C25H24ClN5O4. The van der Waals surface area contributed by atoms with Gasteiger partial charge in [-0.2, -0.15) is 10.00 Å². The number of benzene rings is 1. The Bertz CT molecular complexity index is 1350. The summed E-state index contributed by atoms with van der Waals surface area (Å²) in [5.74, 6) is 0.780. The largest absolute Gasteiger partial charge is 0.449 e. The predicted molar refractivity (Wildman–Crippen MR) is 132 cm³/mol. The number of nitrogens with zero attached hydrogens (tertiary/aromatic N) is 5. The first-order chi connectivity index (χ1) is 16.9. The molecule has 0 saturated heterocycles. The van der Waals surface area contributed by atoms with Crippen LogP contribution < -0.4 is 4.90 Å². The summed E-state index contributed by atoms with van der Waals surface area (Å²) in [5.41, 5.74) is 4.42. The van der Waals surface area contributed by atoms with E-state index in [-0.39, 0.29) is 19.0 Å². The Morgan fingerprint density at radius 3 is 2.40 bits per heavy atom. The normalized spacial score (nSPS) is 10.9. The molecule has 0 atom stereocenters. The van der Waals surface area contributed by atoms with Crippen LogP contribution in [-0.4, -0.2) is 45.0 Å². The molecule has 180 valence electrons. The van der Waals surface area contributed by atoms with Crippen LogP contribution in [0.2, 0.25) is 5.02 Å². The summed E-state index contributed by atoms with van der Waals surface area (Å²) in [6.07, 6.45) is 2.38. The van der Waals surface area contributed by atoms with Crippen LogP contribution in [0.25, 0.3) is 16.8 Å². The molecule has 2 amide bonds. The first-order valence-corrected chi connectivity index (χ1v) is 11.5. The number of rotatable bonds is 6. The Morgan fingerprint density at radius 2 is 1.77 bits per heavy atom. The smallest absolute Gasteiger partial charge is 0.425 e. The van der Waals surface area contributed by atoms with Gasteiger partial charge in [-0.1, -0.05) is 29.8 Å². The molecular weight excluding hydrogens is 470 g/mol. The number of carbonyl (C=O) groups is 2. The van der Waals surface area contributed by atoms with Crippen molar-refractivity contribution in [2.75, 3.05) is 18.1 Å². The van der Waals surface area contributed by atoms with Gasteiger partial charge in [0.05, 0.1) is 13.2 Å². The van der Waals surface area contributed by atoms with Crippen molar-refractivity contribution < 1.29 is 19.1 Å². The summed E-state index contributed by atoms with van der Waals surface area (Å²) >= 11 is 6.22. The number of carbonyl (C=O) groups excluding carboxylic acids is 2. The number of hydrogen-bond donors (Lipinski definition) is 0. The summed E-state index contributed by atoms with van der Waals surface area (Å²) in [6.45, 7) is 5.39. The third-order valence-electron chi connectivity index (χ3n) is 5.08. The lowest BCUT2D eigenvalue weighted by molar-refractivity contribution is 0.140. The van der Waals surface area contributed by atoms with Gasteiger partial charge in [-0.25, -0.2) is 24.1 Å². The lowest BCUT2D eigenvalue weighted by Gasteiger charge is -2.18. The fourth-order valence-electron chi connectivity index (χ4n) is 3.64. The van der Waals surface area contributed by atoms with Crippen molar-refractivity contribution in [2.24, 2.45) is 0 Å². The number of anilines is 1. The lowest BCUT2D eigenvalue weighted by atomic mass is 10.0. The predicted octanol–water partition coefficient (Wildman–Crippen LogP) is 5.46. The third-order valence-corrected chi connectivity index (χ3v) is 5.31. The fraction of sp³-hybridized carbons (Fsp3) is 0.240. The van der Waals surface area contributed by atoms with Gasteiger partial charge in [0.1, 0.15) is 11.6 Å². The second-order valence-electron chi connectivity index (χ2n) is 7.63. The number of aromatic nitrogens is 4. The molecule has 0 unspecified atom stereocenters. The van der Waals surface area contributed by atoms with Crippen molar-refractivity contribution >= 4 is 35.3 Å². The van der Waals surface area contributed by atoms with Crippen LogP contribution in [0, 0.1) is 6.92 Å². The van der Waals surface area contributed by atoms with Gasteiger partial charge < -0.3 is 9.47 Å². The van der Waals surface area contributed by atoms with E-state index >= 15 is 0 Å². The van der Waals surface area contributed by atoms with E-state index in [2.05, 4.69) is 15.1 Å². The van der Waals surface area contributed by atoms with E-state index in [1.807, 2.05) is 43.5 Å². The van der Waals surface area contributed by atoms with Gasteiger partial charge in [0, 0.05) is 29.4 Å². The average molecular weight is 494 g/mol. The number of pyridine rings is 2. The average Bonchev–Trinajstić information content (AvgIpc) is 3.20. The maximum atomic E-state index is 12.3. The second-order valence-corrected chi connectivity index (χ2v) is 8.07. The standard InChI is InChI=1S/C25H24ClN5O4/c1-4-34-24(32)31(25(33)35-5-2)22-10-9-17(14-27-22)11-18-12-21(19-7-6-8-20(26)13-19)23-28-16(3)29-30(23)15-18/h6-10,12-15H,4-5,11H2,1-3H3. The van der Waals surface area contributed by atoms with Gasteiger partial charge in [0.15, 0.2) is 5.65 Å². The Morgan fingerprint density at radius 1 is 1.03 bits per heavy atom. The molecule has 0 fully saturated rings. The van der Waals surface area contributed by atoms with Crippen molar-refractivity contribution in [3.63, 3.8) is 0 Å². The summed E-state index contributed by atoms with van der Waals surface area (Å²) in [4.78, 5) is 34.2. The van der Waals surface area contributed by atoms with Crippen LogP contribution in [0.15, 0.2) is 54.9 Å². The highest BCUT2D eigenvalue weighted by molar-refractivity contribution is 6.30. The van der Waals surface area contributed by atoms with Crippen molar-refractivity contribution in [1.29, 1.82) is 0 Å². The molecule has 10 heteroatoms. The first kappa shape index (κ1) is 24.2. The summed E-state index contributed by atoms with van der Waals surface area (Å²) in [7, 11) is 0. The number of fused-ring (bicyclic) bond motifs is 1. The zero-order valence-electron chi connectivity index (χ0n) is 19.6. The molecule has 0 saturated carbocycles. The summed E-state index contributed by atoms with van der Waals surface area (Å²) in [6, 6.07) is 13.0. The third kappa shape index (κ3) is 5.41. The molecule has 1 aromatic carbocycles. The number of aryl methyl sites for hydroxylation is 1. The van der Waals surface area contributed by atoms with Crippen LogP contribution >= 0.6 is 11.6 Å². The number of halogens is 1. The lowest BCUT2D eigenvalue weighted by Crippen LogP contribution is -2.38. The van der Waals surface area contributed by atoms with Gasteiger partial charge in [-0.3, -0.25) is 0 Å². The molecule has 0 aliphatic carbocycles. The van der Waals surface area contributed by atoms with Crippen LogP contribution in [0.1, 0.15) is 30.8 Å². The zero-order valence-corrected chi connectivity index (χ0v) is 20.3. The van der Waals surface area contributed by atoms with Crippen molar-refractivity contribution in [1.82, 2.24) is 19.6 Å². The van der Waals surface area contributed by atoms with E-state index in [1.165, 1.54) is 0 Å². The van der Waals surface area contributed by atoms with Crippen molar-refractivity contribution in [3.8, 4) is 11.1 Å². The molecule has 4 aromatic rings. The highest BCUT2D eigenvalue weighted by atomic mass is 35.5. The topological polar surface area (TPSA) is 98.9 Å². The van der Waals surface area contributed by atoms with Gasteiger partial charge in [-0.15, -0.1) is 0 Å². The van der Waals surface area contributed by atoms with E-state index in [0.29, 0.717) is 17.3 Å². The molecule has 0 bridgehead atoms. The molecule has 3 aromatic heterocycles. The maximum absolute atomic E-state index is 12.3. The van der Waals surface area contributed by atoms with Crippen LogP contribution in [0.3, 0.4) is 0 Å². The Labute approximate surface area is 207 Å². The first-order valence-electron chi connectivity index (χ1n) is 11.1.